The molecular weight excluding hydrogens is 438 g/mol. The average Bonchev–Trinajstić information content (AvgIpc) is 3.06. The van der Waals surface area contributed by atoms with Crippen molar-refractivity contribution in [1.82, 2.24) is 9.79 Å². The molecule has 0 saturated carbocycles. The Morgan fingerprint density at radius 2 is 1.78 bits per heavy atom. The van der Waals surface area contributed by atoms with Gasteiger partial charge >= 0.3 is 11.9 Å². The molecule has 1 heterocycles. The molecule has 2 aromatic carbocycles. The first-order valence-electron chi connectivity index (χ1n) is 9.17. The zero-order valence-electron chi connectivity index (χ0n) is 16.8. The van der Waals surface area contributed by atoms with E-state index in [2.05, 4.69) is 4.99 Å². The fourth-order valence-electron chi connectivity index (χ4n) is 2.64. The maximum Gasteiger partial charge on any atom is 0.340 e. The van der Waals surface area contributed by atoms with Crippen molar-refractivity contribution in [3.8, 4) is 5.75 Å². The summed E-state index contributed by atoms with van der Waals surface area (Å²) < 4.78 is 37.0. The van der Waals surface area contributed by atoms with Crippen molar-refractivity contribution in [2.45, 2.75) is 11.5 Å². The molecule has 1 aliphatic heterocycles. The Morgan fingerprint density at radius 3 is 2.41 bits per heavy atom. The fourth-order valence-corrected chi connectivity index (χ4v) is 3.93. The summed E-state index contributed by atoms with van der Waals surface area (Å²) >= 11 is 0. The predicted molar refractivity (Wildman–Crippen MR) is 113 cm³/mol. The van der Waals surface area contributed by atoms with Crippen LogP contribution in [0.3, 0.4) is 0 Å². The van der Waals surface area contributed by atoms with Gasteiger partial charge in [-0.25, -0.2) is 28.0 Å². The molecule has 2 N–H and O–H groups in total. The van der Waals surface area contributed by atoms with Crippen molar-refractivity contribution < 1.29 is 32.7 Å². The second kappa shape index (κ2) is 9.90. The van der Waals surface area contributed by atoms with Crippen LogP contribution in [0.4, 0.5) is 0 Å². The predicted octanol–water partition coefficient (Wildman–Crippen LogP) is 1.74. The van der Waals surface area contributed by atoms with Crippen LogP contribution in [-0.2, 0) is 31.0 Å². The molecule has 0 fully saturated rings. The molecule has 0 bridgehead atoms. The highest BCUT2D eigenvalue weighted by Crippen LogP contribution is 2.22. The van der Waals surface area contributed by atoms with Gasteiger partial charge < -0.3 is 9.47 Å². The SMILES string of the molecule is COc1ccc(S(=O)(=O)N2C=CC(C(=O)OCc3ccccc3)=CN=C2C(=O)NO)cc1. The van der Waals surface area contributed by atoms with E-state index in [9.17, 15) is 18.0 Å². The van der Waals surface area contributed by atoms with Crippen molar-refractivity contribution in [1.29, 1.82) is 0 Å². The number of rotatable bonds is 7. The van der Waals surface area contributed by atoms with Crippen LogP contribution in [0.25, 0.3) is 0 Å². The number of amides is 1. The molecule has 0 saturated heterocycles. The number of hydroxylamine groups is 1. The highest BCUT2D eigenvalue weighted by molar-refractivity contribution is 7.89. The van der Waals surface area contributed by atoms with Crippen LogP contribution in [0.2, 0.25) is 0 Å². The number of ether oxygens (including phenoxy) is 2. The summed E-state index contributed by atoms with van der Waals surface area (Å²) in [7, 11) is -2.88. The Labute approximate surface area is 184 Å². The number of carbonyl (C=O) groups is 2. The fraction of sp³-hybridized carbons (Fsp3) is 0.0952. The van der Waals surface area contributed by atoms with E-state index in [4.69, 9.17) is 14.7 Å². The highest BCUT2D eigenvalue weighted by atomic mass is 32.2. The minimum atomic E-state index is -4.32. The molecule has 11 heteroatoms. The number of hydrogen-bond acceptors (Lipinski definition) is 8. The van der Waals surface area contributed by atoms with Crippen LogP contribution < -0.4 is 10.2 Å². The van der Waals surface area contributed by atoms with Gasteiger partial charge in [0.1, 0.15) is 12.4 Å². The number of carbonyl (C=O) groups excluding carboxylic acids is 2. The zero-order valence-corrected chi connectivity index (χ0v) is 17.7. The van der Waals surface area contributed by atoms with Crippen molar-refractivity contribution in [3.05, 3.63) is 84.2 Å². The molecule has 2 aromatic rings. The standard InChI is InChI=1S/C21H19N3O7S/c1-30-17-7-9-18(10-8-17)32(28,29)24-12-11-16(13-22-19(24)20(25)23-27)21(26)31-14-15-5-3-2-4-6-15/h2-13,27H,14H2,1H3,(H,23,25). The number of nitrogens with zero attached hydrogens (tertiary/aromatic N) is 2. The molecule has 32 heavy (non-hydrogen) atoms. The Balaban J connectivity index is 1.89. The largest absolute Gasteiger partial charge is 0.497 e. The second-order valence-electron chi connectivity index (χ2n) is 6.33. The van der Waals surface area contributed by atoms with Gasteiger partial charge in [0.25, 0.3) is 10.0 Å². The van der Waals surface area contributed by atoms with Crippen LogP contribution in [0, 0.1) is 0 Å². The number of sulfonamides is 1. The molecule has 0 radical (unpaired) electrons. The van der Waals surface area contributed by atoms with Gasteiger partial charge in [-0.2, -0.15) is 0 Å². The number of amidine groups is 1. The maximum absolute atomic E-state index is 13.1. The third-order valence-corrected chi connectivity index (χ3v) is 5.97. The molecule has 0 aliphatic carbocycles. The van der Waals surface area contributed by atoms with E-state index in [1.54, 1.807) is 24.3 Å². The van der Waals surface area contributed by atoms with Crippen molar-refractivity contribution in [2.24, 2.45) is 4.99 Å². The normalized spacial score (nSPS) is 13.5. The first kappa shape index (κ1) is 22.7. The first-order chi connectivity index (χ1) is 15.4. The van der Waals surface area contributed by atoms with Crippen LogP contribution in [0.1, 0.15) is 5.56 Å². The van der Waals surface area contributed by atoms with Gasteiger partial charge in [0.2, 0.25) is 5.84 Å². The number of esters is 1. The topological polar surface area (TPSA) is 135 Å². The third-order valence-electron chi connectivity index (χ3n) is 4.29. The van der Waals surface area contributed by atoms with Crippen LogP contribution in [0.5, 0.6) is 5.75 Å². The van der Waals surface area contributed by atoms with Crippen molar-refractivity contribution >= 4 is 27.7 Å². The average molecular weight is 457 g/mol. The van der Waals surface area contributed by atoms with Gasteiger partial charge in [-0.3, -0.25) is 10.0 Å². The molecule has 0 spiro atoms. The van der Waals surface area contributed by atoms with E-state index in [-0.39, 0.29) is 17.1 Å². The molecular formula is C21H19N3O7S. The smallest absolute Gasteiger partial charge is 0.340 e. The molecule has 1 amide bonds. The number of methoxy groups -OCH3 is 1. The van der Waals surface area contributed by atoms with Crippen LogP contribution >= 0.6 is 0 Å². The van der Waals surface area contributed by atoms with E-state index in [1.165, 1.54) is 36.9 Å². The van der Waals surface area contributed by atoms with E-state index >= 15 is 0 Å². The molecule has 1 aliphatic rings. The van der Waals surface area contributed by atoms with Crippen LogP contribution in [0.15, 0.2) is 88.5 Å². The van der Waals surface area contributed by atoms with Gasteiger partial charge in [0, 0.05) is 12.4 Å². The summed E-state index contributed by atoms with van der Waals surface area (Å²) in [6.07, 6.45) is 3.11. The lowest BCUT2D eigenvalue weighted by Gasteiger charge is -2.20. The number of benzene rings is 2. The Morgan fingerprint density at radius 1 is 1.09 bits per heavy atom. The van der Waals surface area contributed by atoms with Crippen LogP contribution in [-0.4, -0.2) is 42.8 Å². The Hall–Kier alpha value is -3.96. The number of hydrogen-bond donors (Lipinski definition) is 2. The maximum atomic E-state index is 13.1. The van der Waals surface area contributed by atoms with Crippen molar-refractivity contribution in [2.75, 3.05) is 7.11 Å². The molecule has 3 rings (SSSR count). The quantitative estimate of drug-likeness (QED) is 0.367. The van der Waals surface area contributed by atoms with Gasteiger partial charge in [0.05, 0.1) is 17.6 Å². The summed E-state index contributed by atoms with van der Waals surface area (Å²) in [5.41, 5.74) is 2.01. The summed E-state index contributed by atoms with van der Waals surface area (Å²) in [6.45, 7) is -0.00753. The second-order valence-corrected chi connectivity index (χ2v) is 8.15. The lowest BCUT2D eigenvalue weighted by atomic mass is 10.2. The summed E-state index contributed by atoms with van der Waals surface area (Å²) in [5.74, 6) is -2.21. The van der Waals surface area contributed by atoms with E-state index in [1.807, 2.05) is 6.07 Å². The van der Waals surface area contributed by atoms with Gasteiger partial charge in [-0.1, -0.05) is 30.3 Å². The molecule has 0 aromatic heterocycles. The number of aliphatic imine (C=N–C) groups is 1. The van der Waals surface area contributed by atoms with Gasteiger partial charge in [0.15, 0.2) is 0 Å². The highest BCUT2D eigenvalue weighted by Gasteiger charge is 2.31. The lowest BCUT2D eigenvalue weighted by molar-refractivity contribution is -0.139. The monoisotopic (exact) mass is 457 g/mol. The molecule has 0 unspecified atom stereocenters. The summed E-state index contributed by atoms with van der Waals surface area (Å²) in [5, 5.41) is 9.03. The minimum absolute atomic E-state index is 0.00753. The molecule has 10 nitrogen and oxygen atoms in total. The summed E-state index contributed by atoms with van der Waals surface area (Å²) in [4.78, 5) is 28.2. The molecule has 0 atom stereocenters. The minimum Gasteiger partial charge on any atom is -0.497 e. The van der Waals surface area contributed by atoms with Gasteiger partial charge in [-0.05, 0) is 35.9 Å². The van der Waals surface area contributed by atoms with E-state index < -0.39 is 27.7 Å². The van der Waals surface area contributed by atoms with Gasteiger partial charge in [-0.15, -0.1) is 0 Å². The van der Waals surface area contributed by atoms with E-state index in [0.717, 1.165) is 24.0 Å². The third kappa shape index (κ3) is 5.02. The first-order valence-corrected chi connectivity index (χ1v) is 10.6. The Kier molecular flexibility index (Phi) is 7.03. The Bertz CT molecular complexity index is 1190. The molecule has 166 valence electrons. The lowest BCUT2D eigenvalue weighted by Crippen LogP contribution is -2.42. The van der Waals surface area contributed by atoms with Crippen molar-refractivity contribution in [3.63, 3.8) is 0 Å². The summed E-state index contributed by atoms with van der Waals surface area (Å²) in [6, 6.07) is 14.4. The zero-order chi connectivity index (χ0) is 23.1. The number of nitrogens with one attached hydrogen (secondary N) is 1. The van der Waals surface area contributed by atoms with E-state index in [0.29, 0.717) is 10.1 Å².